The minimum atomic E-state index is -3.40. The van der Waals surface area contributed by atoms with E-state index in [9.17, 15) is 13.2 Å². The highest BCUT2D eigenvalue weighted by atomic mass is 32.2. The second-order valence-corrected chi connectivity index (χ2v) is 9.46. The molecule has 1 aliphatic heterocycles. The first-order valence-corrected chi connectivity index (χ1v) is 11.5. The van der Waals surface area contributed by atoms with Gasteiger partial charge in [-0.3, -0.25) is 0 Å². The van der Waals surface area contributed by atoms with Crippen LogP contribution in [0.1, 0.15) is 24.8 Å². The molecule has 0 radical (unpaired) electrons. The molecule has 0 unspecified atom stereocenters. The molecule has 2 amide bonds. The lowest BCUT2D eigenvalue weighted by atomic mass is 10.1. The lowest BCUT2D eigenvalue weighted by molar-refractivity contribution is 0.187. The summed E-state index contributed by atoms with van der Waals surface area (Å²) in [6.45, 7) is 1.51. The minimum Gasteiger partial charge on any atom is -0.497 e. The normalized spacial score (nSPS) is 15.1. The van der Waals surface area contributed by atoms with Crippen LogP contribution in [0, 0.1) is 0 Å². The Morgan fingerprint density at radius 3 is 2.34 bits per heavy atom. The molecule has 2 aromatic carbocycles. The van der Waals surface area contributed by atoms with Gasteiger partial charge >= 0.3 is 6.03 Å². The second kappa shape index (κ2) is 9.78. The molecule has 156 valence electrons. The van der Waals surface area contributed by atoms with Crippen LogP contribution in [-0.4, -0.2) is 51.3 Å². The van der Waals surface area contributed by atoms with Crippen molar-refractivity contribution < 1.29 is 17.9 Å². The zero-order valence-corrected chi connectivity index (χ0v) is 17.5. The number of nitrogens with one attached hydrogen (secondary N) is 1. The summed E-state index contributed by atoms with van der Waals surface area (Å²) < 4.78 is 30.8. The van der Waals surface area contributed by atoms with Crippen molar-refractivity contribution in [1.29, 1.82) is 0 Å². The van der Waals surface area contributed by atoms with Crippen molar-refractivity contribution in [2.45, 2.75) is 35.8 Å². The van der Waals surface area contributed by atoms with E-state index in [0.717, 1.165) is 12.8 Å². The zero-order chi connectivity index (χ0) is 20.7. The third-order valence-corrected chi connectivity index (χ3v) is 7.60. The molecule has 1 N–H and O–H groups in total. The van der Waals surface area contributed by atoms with E-state index in [-0.39, 0.29) is 6.03 Å². The van der Waals surface area contributed by atoms with Gasteiger partial charge in [0.1, 0.15) is 5.75 Å². The number of hydrogen-bond donors (Lipinski definition) is 1. The number of nitrogens with zero attached hydrogens (tertiary/aromatic N) is 1. The van der Waals surface area contributed by atoms with Crippen molar-refractivity contribution in [2.75, 3.05) is 26.7 Å². The van der Waals surface area contributed by atoms with Crippen LogP contribution < -0.4 is 10.1 Å². The number of carbonyl (C=O) groups excluding carboxylic acids is 1. The van der Waals surface area contributed by atoms with E-state index in [1.165, 1.54) is 5.56 Å². The summed E-state index contributed by atoms with van der Waals surface area (Å²) >= 11 is 0. The van der Waals surface area contributed by atoms with Crippen molar-refractivity contribution in [3.05, 3.63) is 60.2 Å². The maximum Gasteiger partial charge on any atom is 0.317 e. The lowest BCUT2D eigenvalue weighted by Crippen LogP contribution is -2.47. The molecule has 0 bridgehead atoms. The highest BCUT2D eigenvalue weighted by Crippen LogP contribution is 2.26. The molecule has 6 nitrogen and oxygen atoms in total. The van der Waals surface area contributed by atoms with Crippen LogP contribution in [0.2, 0.25) is 0 Å². The van der Waals surface area contributed by atoms with Crippen molar-refractivity contribution >= 4 is 15.9 Å². The molecule has 1 heterocycles. The highest BCUT2D eigenvalue weighted by molar-refractivity contribution is 7.92. The third-order valence-electron chi connectivity index (χ3n) is 5.32. The Labute approximate surface area is 172 Å². The van der Waals surface area contributed by atoms with Gasteiger partial charge in [0, 0.05) is 19.6 Å². The molecule has 0 spiro atoms. The van der Waals surface area contributed by atoms with Crippen LogP contribution in [-0.2, 0) is 16.3 Å². The van der Waals surface area contributed by atoms with Crippen molar-refractivity contribution in [2.24, 2.45) is 0 Å². The summed E-state index contributed by atoms with van der Waals surface area (Å²) in [5, 5.41) is 2.48. The number of carbonyl (C=O) groups is 1. The van der Waals surface area contributed by atoms with Gasteiger partial charge in [-0.25, -0.2) is 13.2 Å². The number of ether oxygens (including phenoxy) is 1. The van der Waals surface area contributed by atoms with Gasteiger partial charge in [0.15, 0.2) is 9.84 Å². The van der Waals surface area contributed by atoms with Gasteiger partial charge in [-0.1, -0.05) is 30.3 Å². The fourth-order valence-corrected chi connectivity index (χ4v) is 5.30. The number of piperidine rings is 1. The first kappa shape index (κ1) is 21.2. The average molecular weight is 417 g/mol. The fraction of sp³-hybridized carbons (Fsp3) is 0.409. The van der Waals surface area contributed by atoms with Crippen molar-refractivity contribution in [1.82, 2.24) is 10.2 Å². The van der Waals surface area contributed by atoms with Crippen LogP contribution in [0.5, 0.6) is 5.75 Å². The molecule has 0 aromatic heterocycles. The van der Waals surface area contributed by atoms with E-state index in [1.807, 2.05) is 18.2 Å². The van der Waals surface area contributed by atoms with Gasteiger partial charge in [0.25, 0.3) is 0 Å². The molecular weight excluding hydrogens is 388 g/mol. The van der Waals surface area contributed by atoms with Gasteiger partial charge < -0.3 is 15.0 Å². The number of amides is 2. The Kier molecular flexibility index (Phi) is 7.14. The number of benzene rings is 2. The molecule has 1 fully saturated rings. The molecule has 3 rings (SSSR count). The molecule has 0 atom stereocenters. The number of aryl methyl sites for hydroxylation is 1. The molecule has 1 aliphatic rings. The van der Waals surface area contributed by atoms with E-state index in [0.29, 0.717) is 43.1 Å². The van der Waals surface area contributed by atoms with Crippen LogP contribution in [0.15, 0.2) is 59.5 Å². The molecule has 7 heteroatoms. The smallest absolute Gasteiger partial charge is 0.317 e. The first-order valence-electron chi connectivity index (χ1n) is 9.95. The Morgan fingerprint density at radius 1 is 1.07 bits per heavy atom. The molecular formula is C22H28N2O4S. The number of rotatable bonds is 7. The average Bonchev–Trinajstić information content (AvgIpc) is 2.77. The quantitative estimate of drug-likeness (QED) is 0.703. The van der Waals surface area contributed by atoms with E-state index in [2.05, 4.69) is 17.4 Å². The first-order chi connectivity index (χ1) is 14.0. The summed E-state index contributed by atoms with van der Waals surface area (Å²) in [5.41, 5.74) is 1.26. The number of hydrogen-bond acceptors (Lipinski definition) is 4. The molecule has 0 aliphatic carbocycles. The van der Waals surface area contributed by atoms with Gasteiger partial charge in [0.05, 0.1) is 17.3 Å². The van der Waals surface area contributed by atoms with Gasteiger partial charge in [0.2, 0.25) is 0 Å². The maximum absolute atomic E-state index is 12.8. The SMILES string of the molecule is COc1ccc(S(=O)(=O)C2CCN(C(=O)NCCCc3ccccc3)CC2)cc1. The van der Waals surface area contributed by atoms with Gasteiger partial charge in [-0.15, -0.1) is 0 Å². The second-order valence-electron chi connectivity index (χ2n) is 7.23. The summed E-state index contributed by atoms with van der Waals surface area (Å²) in [6, 6.07) is 16.5. The Bertz CT molecular complexity index is 890. The van der Waals surface area contributed by atoms with E-state index in [4.69, 9.17) is 4.74 Å². The highest BCUT2D eigenvalue weighted by Gasteiger charge is 2.32. The van der Waals surface area contributed by atoms with E-state index >= 15 is 0 Å². The molecule has 2 aromatic rings. The third kappa shape index (κ3) is 5.50. The Balaban J connectivity index is 1.44. The standard InChI is InChI=1S/C22H28N2O4S/c1-28-19-9-11-20(12-10-19)29(26,27)21-13-16-24(17-14-21)22(25)23-15-5-8-18-6-3-2-4-7-18/h2-4,6-7,9-12,21H,5,8,13-17H2,1H3,(H,23,25). The van der Waals surface area contributed by atoms with E-state index in [1.54, 1.807) is 36.3 Å². The van der Waals surface area contributed by atoms with Gasteiger partial charge in [-0.2, -0.15) is 0 Å². The van der Waals surface area contributed by atoms with Gasteiger partial charge in [-0.05, 0) is 55.5 Å². The van der Waals surface area contributed by atoms with E-state index < -0.39 is 15.1 Å². The predicted molar refractivity (Wildman–Crippen MR) is 113 cm³/mol. The summed E-state index contributed by atoms with van der Waals surface area (Å²) in [7, 11) is -1.85. The molecule has 1 saturated heterocycles. The molecule has 0 saturated carbocycles. The summed E-state index contributed by atoms with van der Waals surface area (Å²) in [5.74, 6) is 0.628. The van der Waals surface area contributed by atoms with Crippen LogP contribution in [0.4, 0.5) is 4.79 Å². The monoisotopic (exact) mass is 416 g/mol. The minimum absolute atomic E-state index is 0.113. The van der Waals surface area contributed by atoms with Crippen LogP contribution >= 0.6 is 0 Å². The Hall–Kier alpha value is -2.54. The zero-order valence-electron chi connectivity index (χ0n) is 16.7. The number of urea groups is 1. The maximum atomic E-state index is 12.8. The van der Waals surface area contributed by atoms with Crippen molar-refractivity contribution in [3.8, 4) is 5.75 Å². The number of sulfone groups is 1. The number of methoxy groups -OCH3 is 1. The van der Waals surface area contributed by atoms with Crippen molar-refractivity contribution in [3.63, 3.8) is 0 Å². The summed E-state index contributed by atoms with van der Waals surface area (Å²) in [6.07, 6.45) is 2.69. The molecule has 29 heavy (non-hydrogen) atoms. The Morgan fingerprint density at radius 2 is 1.72 bits per heavy atom. The fourth-order valence-electron chi connectivity index (χ4n) is 3.57. The topological polar surface area (TPSA) is 75.7 Å². The lowest BCUT2D eigenvalue weighted by Gasteiger charge is -2.31. The largest absolute Gasteiger partial charge is 0.497 e. The van der Waals surface area contributed by atoms with Crippen LogP contribution in [0.25, 0.3) is 0 Å². The van der Waals surface area contributed by atoms with Crippen LogP contribution in [0.3, 0.4) is 0 Å². The number of likely N-dealkylation sites (tertiary alicyclic amines) is 1. The summed E-state index contributed by atoms with van der Waals surface area (Å²) in [4.78, 5) is 14.4. The predicted octanol–water partition coefficient (Wildman–Crippen LogP) is 3.28.